The number of carbonyl (C=O) groups excluding carboxylic acids is 2. The van der Waals surface area contributed by atoms with Crippen LogP contribution in [0.5, 0.6) is 0 Å². The molecule has 0 unspecified atom stereocenters. The SMILES string of the molecule is Cn1cccc1C(=O)OCC(=O)c1cc(F)ccc1F. The Morgan fingerprint density at radius 2 is 2.00 bits per heavy atom. The van der Waals surface area contributed by atoms with Gasteiger partial charge in [-0.05, 0) is 30.3 Å². The summed E-state index contributed by atoms with van der Waals surface area (Å²) in [7, 11) is 1.64. The number of ketones is 1. The van der Waals surface area contributed by atoms with Crippen molar-refractivity contribution in [3.8, 4) is 0 Å². The number of rotatable bonds is 4. The number of esters is 1. The summed E-state index contributed by atoms with van der Waals surface area (Å²) in [6, 6.07) is 5.69. The summed E-state index contributed by atoms with van der Waals surface area (Å²) in [5.41, 5.74) is -0.179. The molecule has 104 valence electrons. The number of hydrogen-bond acceptors (Lipinski definition) is 3. The molecule has 0 amide bonds. The maximum atomic E-state index is 13.3. The van der Waals surface area contributed by atoms with Crippen molar-refractivity contribution >= 4 is 11.8 Å². The third kappa shape index (κ3) is 2.90. The van der Waals surface area contributed by atoms with Gasteiger partial charge in [0.1, 0.15) is 17.3 Å². The first kappa shape index (κ1) is 13.9. The lowest BCUT2D eigenvalue weighted by atomic mass is 10.1. The smallest absolute Gasteiger partial charge is 0.355 e. The Morgan fingerprint density at radius 1 is 1.25 bits per heavy atom. The molecule has 0 N–H and O–H groups in total. The van der Waals surface area contributed by atoms with Crippen molar-refractivity contribution < 1.29 is 23.1 Å². The summed E-state index contributed by atoms with van der Waals surface area (Å²) < 4.78 is 32.6. The van der Waals surface area contributed by atoms with Crippen molar-refractivity contribution in [2.75, 3.05) is 6.61 Å². The summed E-state index contributed by atoms with van der Waals surface area (Å²) in [6.07, 6.45) is 1.64. The number of nitrogens with zero attached hydrogens (tertiary/aromatic N) is 1. The summed E-state index contributed by atoms with van der Waals surface area (Å²) in [5.74, 6) is -3.10. The van der Waals surface area contributed by atoms with E-state index in [1.165, 1.54) is 10.6 Å². The largest absolute Gasteiger partial charge is 0.453 e. The van der Waals surface area contributed by atoms with Gasteiger partial charge in [0.15, 0.2) is 6.61 Å². The van der Waals surface area contributed by atoms with Gasteiger partial charge in [-0.2, -0.15) is 0 Å². The molecule has 1 aromatic heterocycles. The molecule has 20 heavy (non-hydrogen) atoms. The van der Waals surface area contributed by atoms with Gasteiger partial charge in [0.2, 0.25) is 5.78 Å². The van der Waals surface area contributed by atoms with Crippen molar-refractivity contribution in [2.45, 2.75) is 0 Å². The highest BCUT2D eigenvalue weighted by atomic mass is 19.1. The number of halogens is 2. The van der Waals surface area contributed by atoms with Gasteiger partial charge >= 0.3 is 5.97 Å². The minimum Gasteiger partial charge on any atom is -0.453 e. The molecule has 0 fully saturated rings. The number of carbonyl (C=O) groups is 2. The van der Waals surface area contributed by atoms with Crippen molar-refractivity contribution in [1.82, 2.24) is 4.57 Å². The van der Waals surface area contributed by atoms with Gasteiger partial charge in [0.25, 0.3) is 0 Å². The highest BCUT2D eigenvalue weighted by Gasteiger charge is 2.17. The van der Waals surface area contributed by atoms with E-state index in [2.05, 4.69) is 0 Å². The van der Waals surface area contributed by atoms with Gasteiger partial charge < -0.3 is 9.30 Å². The number of Topliss-reactive ketones (excluding diaryl/α,β-unsaturated/α-hetero) is 1. The number of aromatic nitrogens is 1. The zero-order valence-electron chi connectivity index (χ0n) is 10.6. The van der Waals surface area contributed by atoms with Crippen LogP contribution in [-0.2, 0) is 11.8 Å². The van der Waals surface area contributed by atoms with Crippen LogP contribution in [0.4, 0.5) is 8.78 Å². The maximum Gasteiger partial charge on any atom is 0.355 e. The first-order chi connectivity index (χ1) is 9.49. The first-order valence-corrected chi connectivity index (χ1v) is 5.75. The molecule has 6 heteroatoms. The van der Waals surface area contributed by atoms with Gasteiger partial charge in [0.05, 0.1) is 5.56 Å². The van der Waals surface area contributed by atoms with Gasteiger partial charge in [0, 0.05) is 13.2 Å². The van der Waals surface area contributed by atoms with E-state index >= 15 is 0 Å². The predicted octanol–water partition coefficient (Wildman–Crippen LogP) is 2.34. The van der Waals surface area contributed by atoms with Crippen LogP contribution in [0.2, 0.25) is 0 Å². The van der Waals surface area contributed by atoms with Crippen LogP contribution in [0.1, 0.15) is 20.8 Å². The van der Waals surface area contributed by atoms with Crippen molar-refractivity contribution in [2.24, 2.45) is 7.05 Å². The Hall–Kier alpha value is -2.50. The van der Waals surface area contributed by atoms with Crippen LogP contribution in [0.3, 0.4) is 0 Å². The molecule has 2 aromatic rings. The van der Waals surface area contributed by atoms with Crippen molar-refractivity contribution in [1.29, 1.82) is 0 Å². The summed E-state index contributed by atoms with van der Waals surface area (Å²) in [5, 5.41) is 0. The van der Waals surface area contributed by atoms with Gasteiger partial charge in [-0.1, -0.05) is 0 Å². The van der Waals surface area contributed by atoms with Crippen molar-refractivity contribution in [3.63, 3.8) is 0 Å². The lowest BCUT2D eigenvalue weighted by molar-refractivity contribution is 0.0464. The second kappa shape index (κ2) is 5.64. The molecule has 0 saturated heterocycles. The molecule has 0 aliphatic carbocycles. The Morgan fingerprint density at radius 3 is 2.65 bits per heavy atom. The van der Waals surface area contributed by atoms with Crippen LogP contribution < -0.4 is 0 Å². The van der Waals surface area contributed by atoms with Crippen LogP contribution >= 0.6 is 0 Å². The monoisotopic (exact) mass is 279 g/mol. The quantitative estimate of drug-likeness (QED) is 0.637. The number of benzene rings is 1. The predicted molar refractivity (Wildman–Crippen MR) is 66.4 cm³/mol. The topological polar surface area (TPSA) is 48.3 Å². The number of ether oxygens (including phenoxy) is 1. The van der Waals surface area contributed by atoms with Gasteiger partial charge in [-0.25, -0.2) is 13.6 Å². The first-order valence-electron chi connectivity index (χ1n) is 5.75. The number of aryl methyl sites for hydroxylation is 1. The van der Waals surface area contributed by atoms with Gasteiger partial charge in [-0.3, -0.25) is 4.79 Å². The second-order valence-corrected chi connectivity index (χ2v) is 4.13. The average Bonchev–Trinajstić information content (AvgIpc) is 2.84. The zero-order valence-corrected chi connectivity index (χ0v) is 10.6. The molecule has 0 saturated carbocycles. The van der Waals surface area contributed by atoms with E-state index < -0.39 is 35.6 Å². The summed E-state index contributed by atoms with van der Waals surface area (Å²) in [4.78, 5) is 23.3. The van der Waals surface area contributed by atoms with E-state index in [4.69, 9.17) is 4.74 Å². The van der Waals surface area contributed by atoms with E-state index in [1.807, 2.05) is 0 Å². The van der Waals surface area contributed by atoms with E-state index in [9.17, 15) is 18.4 Å². The third-order valence-electron chi connectivity index (χ3n) is 2.72. The van der Waals surface area contributed by atoms with Crippen LogP contribution in [0, 0.1) is 11.6 Å². The minimum absolute atomic E-state index is 0.262. The van der Waals surface area contributed by atoms with Crippen molar-refractivity contribution in [3.05, 3.63) is 59.4 Å². The molecule has 0 aliphatic rings. The molecule has 0 bridgehead atoms. The molecule has 1 heterocycles. The highest BCUT2D eigenvalue weighted by Crippen LogP contribution is 2.11. The number of hydrogen-bond donors (Lipinski definition) is 0. The van der Waals surface area contributed by atoms with E-state index in [0.29, 0.717) is 0 Å². The minimum atomic E-state index is -0.855. The standard InChI is InChI=1S/C14H11F2NO3/c1-17-6-2-3-12(17)14(19)20-8-13(18)10-7-9(15)4-5-11(10)16/h2-7H,8H2,1H3. The van der Waals surface area contributed by atoms with E-state index in [1.54, 1.807) is 19.3 Å². The Labute approximate surface area is 113 Å². The molecule has 0 aliphatic heterocycles. The van der Waals surface area contributed by atoms with Crippen LogP contribution in [0.15, 0.2) is 36.5 Å². The zero-order chi connectivity index (χ0) is 14.7. The summed E-state index contributed by atoms with van der Waals surface area (Å²) in [6.45, 7) is -0.648. The Balaban J connectivity index is 2.04. The molecule has 0 spiro atoms. The fourth-order valence-electron chi connectivity index (χ4n) is 1.67. The highest BCUT2D eigenvalue weighted by molar-refractivity contribution is 5.99. The Kier molecular flexibility index (Phi) is 3.93. The molecule has 0 radical (unpaired) electrons. The van der Waals surface area contributed by atoms with Crippen LogP contribution in [-0.4, -0.2) is 22.9 Å². The average molecular weight is 279 g/mol. The lowest BCUT2D eigenvalue weighted by Gasteiger charge is -2.06. The molecule has 2 rings (SSSR count). The third-order valence-corrected chi connectivity index (χ3v) is 2.72. The maximum absolute atomic E-state index is 13.3. The fourth-order valence-corrected chi connectivity index (χ4v) is 1.67. The molecule has 1 aromatic carbocycles. The van der Waals surface area contributed by atoms with Gasteiger partial charge in [-0.15, -0.1) is 0 Å². The van der Waals surface area contributed by atoms with E-state index in [-0.39, 0.29) is 5.69 Å². The van der Waals surface area contributed by atoms with Crippen LogP contribution in [0.25, 0.3) is 0 Å². The normalized spacial score (nSPS) is 10.3. The summed E-state index contributed by atoms with van der Waals surface area (Å²) >= 11 is 0. The molecule has 0 atom stereocenters. The lowest BCUT2D eigenvalue weighted by Crippen LogP contribution is -2.17. The second-order valence-electron chi connectivity index (χ2n) is 4.13. The molecular formula is C14H11F2NO3. The molecule has 4 nitrogen and oxygen atoms in total. The molecular weight excluding hydrogens is 268 g/mol. The fraction of sp³-hybridized carbons (Fsp3) is 0.143. The Bertz CT molecular complexity index is 664. The van der Waals surface area contributed by atoms with E-state index in [0.717, 1.165) is 18.2 Å².